The van der Waals surface area contributed by atoms with Gasteiger partial charge in [0.2, 0.25) is 0 Å². The first-order valence-corrected chi connectivity index (χ1v) is 11.8. The lowest BCUT2D eigenvalue weighted by Gasteiger charge is -2.28. The van der Waals surface area contributed by atoms with Gasteiger partial charge in [-0.1, -0.05) is 53.5 Å². The zero-order valence-corrected chi connectivity index (χ0v) is 20.9. The first-order chi connectivity index (χ1) is 16.9. The lowest BCUT2D eigenvalue weighted by molar-refractivity contribution is -0.122. The van der Waals surface area contributed by atoms with Crippen LogP contribution in [0.5, 0.6) is 11.5 Å². The number of thiocarbonyl (C=S) groups is 1. The van der Waals surface area contributed by atoms with Crippen LogP contribution in [0.4, 0.5) is 5.69 Å². The number of anilines is 1. The Morgan fingerprint density at radius 3 is 2.49 bits per heavy atom. The summed E-state index contributed by atoms with van der Waals surface area (Å²) in [5, 5.41) is 3.45. The second-order valence-corrected chi connectivity index (χ2v) is 8.71. The third-order valence-corrected chi connectivity index (χ3v) is 5.83. The molecule has 6 nitrogen and oxygen atoms in total. The van der Waals surface area contributed by atoms with Crippen molar-refractivity contribution >= 4 is 64.1 Å². The van der Waals surface area contributed by atoms with Crippen molar-refractivity contribution in [3.05, 3.63) is 93.5 Å². The molecule has 9 heteroatoms. The number of benzene rings is 3. The average molecular weight is 527 g/mol. The standard InChI is InChI=1S/C26H20Cl2N2O4S/c1-2-33-22-14-17(13-21(28)23(22)34-15-16-7-6-8-18(27)11-16)12-20-24(31)29-26(35)30(25(20)32)19-9-4-3-5-10-19/h3-14H,2,15H2,1H3,(H,29,31,35)/b20-12-. The normalized spacial score (nSPS) is 14.8. The molecule has 0 aliphatic carbocycles. The molecule has 4 rings (SSSR count). The monoisotopic (exact) mass is 526 g/mol. The van der Waals surface area contributed by atoms with Crippen LogP contribution in [0.15, 0.2) is 72.3 Å². The molecule has 0 bridgehead atoms. The Hall–Kier alpha value is -3.39. The Kier molecular flexibility index (Phi) is 7.70. The van der Waals surface area contributed by atoms with Crippen molar-refractivity contribution in [1.29, 1.82) is 0 Å². The van der Waals surface area contributed by atoms with E-state index in [0.717, 1.165) is 5.56 Å². The van der Waals surface area contributed by atoms with E-state index >= 15 is 0 Å². The largest absolute Gasteiger partial charge is 0.490 e. The summed E-state index contributed by atoms with van der Waals surface area (Å²) in [7, 11) is 0. The van der Waals surface area contributed by atoms with Gasteiger partial charge in [0.1, 0.15) is 12.2 Å². The average Bonchev–Trinajstić information content (AvgIpc) is 2.82. The van der Waals surface area contributed by atoms with Gasteiger partial charge >= 0.3 is 0 Å². The van der Waals surface area contributed by atoms with Crippen molar-refractivity contribution in [2.24, 2.45) is 0 Å². The second-order valence-electron chi connectivity index (χ2n) is 7.47. The van der Waals surface area contributed by atoms with Gasteiger partial charge in [-0.3, -0.25) is 19.8 Å². The summed E-state index contributed by atoms with van der Waals surface area (Å²) in [5.41, 5.74) is 1.82. The highest BCUT2D eigenvalue weighted by molar-refractivity contribution is 7.80. The molecule has 1 saturated heterocycles. The van der Waals surface area contributed by atoms with Crippen molar-refractivity contribution in [2.75, 3.05) is 11.5 Å². The number of ether oxygens (including phenoxy) is 2. The smallest absolute Gasteiger partial charge is 0.270 e. The predicted octanol–water partition coefficient (Wildman–Crippen LogP) is 5.80. The summed E-state index contributed by atoms with van der Waals surface area (Å²) in [6, 6.07) is 19.4. The van der Waals surface area contributed by atoms with Gasteiger partial charge in [-0.25, -0.2) is 0 Å². The molecule has 1 N–H and O–H groups in total. The predicted molar refractivity (Wildman–Crippen MR) is 141 cm³/mol. The molecular weight excluding hydrogens is 507 g/mol. The highest BCUT2D eigenvalue weighted by atomic mass is 35.5. The van der Waals surface area contributed by atoms with Crippen LogP contribution in [-0.4, -0.2) is 23.5 Å². The number of rotatable bonds is 7. The maximum Gasteiger partial charge on any atom is 0.270 e. The van der Waals surface area contributed by atoms with Crippen LogP contribution in [0.3, 0.4) is 0 Å². The fourth-order valence-electron chi connectivity index (χ4n) is 3.49. The quantitative estimate of drug-likeness (QED) is 0.239. The molecule has 0 aromatic heterocycles. The SMILES string of the molecule is CCOc1cc(/C=C2/C(=O)NC(=S)N(c3ccccc3)C2=O)cc(Cl)c1OCc1cccc(Cl)c1. The molecule has 0 atom stereocenters. The van der Waals surface area contributed by atoms with Crippen molar-refractivity contribution in [3.8, 4) is 11.5 Å². The van der Waals surface area contributed by atoms with E-state index in [4.69, 9.17) is 44.9 Å². The van der Waals surface area contributed by atoms with Crippen LogP contribution >= 0.6 is 35.4 Å². The van der Waals surface area contributed by atoms with E-state index in [2.05, 4.69) is 5.32 Å². The molecule has 2 amide bonds. The third kappa shape index (κ3) is 5.65. The minimum absolute atomic E-state index is 0.0150. The Morgan fingerprint density at radius 1 is 1.00 bits per heavy atom. The molecule has 1 fully saturated rings. The van der Waals surface area contributed by atoms with Gasteiger partial charge in [-0.05, 0) is 72.7 Å². The molecule has 3 aromatic rings. The first kappa shape index (κ1) is 24.7. The number of halogens is 2. The van der Waals surface area contributed by atoms with Crippen LogP contribution in [0.2, 0.25) is 10.0 Å². The Bertz CT molecular complexity index is 1330. The summed E-state index contributed by atoms with van der Waals surface area (Å²) in [5.74, 6) is -0.405. The number of carbonyl (C=O) groups excluding carboxylic acids is 2. The zero-order chi connectivity index (χ0) is 24.9. The number of nitrogens with one attached hydrogen (secondary N) is 1. The van der Waals surface area contributed by atoms with Crippen LogP contribution < -0.4 is 19.7 Å². The highest BCUT2D eigenvalue weighted by Gasteiger charge is 2.34. The van der Waals surface area contributed by atoms with E-state index in [0.29, 0.717) is 34.4 Å². The van der Waals surface area contributed by atoms with Gasteiger partial charge < -0.3 is 9.47 Å². The summed E-state index contributed by atoms with van der Waals surface area (Å²) in [6.07, 6.45) is 1.45. The summed E-state index contributed by atoms with van der Waals surface area (Å²) < 4.78 is 11.7. The molecule has 0 saturated carbocycles. The van der Waals surface area contributed by atoms with E-state index < -0.39 is 11.8 Å². The molecular formula is C26H20Cl2N2O4S. The number of carbonyl (C=O) groups is 2. The third-order valence-electron chi connectivity index (χ3n) is 5.03. The molecule has 1 heterocycles. The molecule has 178 valence electrons. The number of amides is 2. The van der Waals surface area contributed by atoms with Gasteiger partial charge in [-0.2, -0.15) is 0 Å². The first-order valence-electron chi connectivity index (χ1n) is 10.7. The zero-order valence-electron chi connectivity index (χ0n) is 18.6. The second kappa shape index (κ2) is 10.9. The minimum atomic E-state index is -0.595. The van der Waals surface area contributed by atoms with E-state index in [1.165, 1.54) is 11.0 Å². The summed E-state index contributed by atoms with van der Waals surface area (Å²) in [6.45, 7) is 2.42. The van der Waals surface area contributed by atoms with Gasteiger partial charge in [-0.15, -0.1) is 0 Å². The number of hydrogen-bond donors (Lipinski definition) is 1. The van der Waals surface area contributed by atoms with Crippen molar-refractivity contribution in [3.63, 3.8) is 0 Å². The van der Waals surface area contributed by atoms with E-state index in [1.54, 1.807) is 48.5 Å². The fourth-order valence-corrected chi connectivity index (χ4v) is 4.26. The van der Waals surface area contributed by atoms with Crippen molar-refractivity contribution < 1.29 is 19.1 Å². The van der Waals surface area contributed by atoms with Gasteiger partial charge in [0.15, 0.2) is 16.6 Å². The molecule has 0 radical (unpaired) electrons. The van der Waals surface area contributed by atoms with Crippen LogP contribution in [-0.2, 0) is 16.2 Å². The Morgan fingerprint density at radius 2 is 1.77 bits per heavy atom. The van der Waals surface area contributed by atoms with Crippen molar-refractivity contribution in [1.82, 2.24) is 5.32 Å². The summed E-state index contributed by atoms with van der Waals surface area (Å²) in [4.78, 5) is 27.1. The molecule has 1 aliphatic rings. The van der Waals surface area contributed by atoms with Crippen molar-refractivity contribution in [2.45, 2.75) is 13.5 Å². The fraction of sp³-hybridized carbons (Fsp3) is 0.115. The van der Waals surface area contributed by atoms with Gasteiger partial charge in [0, 0.05) is 5.02 Å². The molecule has 1 aliphatic heterocycles. The van der Waals surface area contributed by atoms with E-state index in [-0.39, 0.29) is 22.3 Å². The van der Waals surface area contributed by atoms with Crippen LogP contribution in [0.25, 0.3) is 6.08 Å². The highest BCUT2D eigenvalue weighted by Crippen LogP contribution is 2.38. The maximum absolute atomic E-state index is 13.2. The number of para-hydroxylation sites is 1. The Labute approximate surface area is 218 Å². The van der Waals surface area contributed by atoms with E-state index in [9.17, 15) is 9.59 Å². The lowest BCUT2D eigenvalue weighted by Crippen LogP contribution is -2.54. The molecule has 3 aromatic carbocycles. The Balaban J connectivity index is 1.66. The molecule has 35 heavy (non-hydrogen) atoms. The van der Waals surface area contributed by atoms with Crippen LogP contribution in [0.1, 0.15) is 18.1 Å². The molecule has 0 spiro atoms. The van der Waals surface area contributed by atoms with Gasteiger partial charge in [0.05, 0.1) is 17.3 Å². The molecule has 0 unspecified atom stereocenters. The topological polar surface area (TPSA) is 67.9 Å². The lowest BCUT2D eigenvalue weighted by atomic mass is 10.1. The van der Waals surface area contributed by atoms with E-state index in [1.807, 2.05) is 25.1 Å². The minimum Gasteiger partial charge on any atom is -0.490 e. The van der Waals surface area contributed by atoms with Gasteiger partial charge in [0.25, 0.3) is 11.8 Å². The number of hydrogen-bond acceptors (Lipinski definition) is 5. The summed E-state index contributed by atoms with van der Waals surface area (Å²) >= 11 is 17.8. The van der Waals surface area contributed by atoms with Crippen LogP contribution in [0, 0.1) is 0 Å². The maximum atomic E-state index is 13.2. The number of nitrogens with zero attached hydrogens (tertiary/aromatic N) is 1.